The lowest BCUT2D eigenvalue weighted by Crippen LogP contribution is -2.38. The number of nitrogens with two attached hydrogens (primary N) is 1. The van der Waals surface area contributed by atoms with Gasteiger partial charge in [0.2, 0.25) is 5.91 Å². The third kappa shape index (κ3) is 17.3. The number of hydrogen-bond acceptors (Lipinski definition) is 2. The lowest BCUT2D eigenvalue weighted by atomic mass is 10.1. The van der Waals surface area contributed by atoms with E-state index in [9.17, 15) is 9.59 Å². The van der Waals surface area contributed by atoms with Gasteiger partial charge in [-0.1, -0.05) is 76.9 Å². The van der Waals surface area contributed by atoms with Gasteiger partial charge in [0.1, 0.15) is 6.54 Å². The summed E-state index contributed by atoms with van der Waals surface area (Å²) in [4.78, 5) is 22.8. The van der Waals surface area contributed by atoms with Crippen molar-refractivity contribution in [3.05, 3.63) is 12.2 Å². The lowest BCUT2D eigenvalue weighted by Gasteiger charge is -2.16. The van der Waals surface area contributed by atoms with Crippen LogP contribution in [0.2, 0.25) is 0 Å². The van der Waals surface area contributed by atoms with Crippen LogP contribution in [0.15, 0.2) is 12.2 Å². The molecule has 0 aliphatic rings. The van der Waals surface area contributed by atoms with Crippen LogP contribution >= 0.6 is 0 Å². The first-order chi connectivity index (χ1) is 12.6. The zero-order valence-electron chi connectivity index (χ0n) is 16.8. The smallest absolute Gasteiger partial charge is 0.407 e. The average molecular weight is 369 g/mol. The molecule has 5 nitrogen and oxygen atoms in total. The molecule has 2 amide bonds. The minimum absolute atomic E-state index is 0.214. The van der Waals surface area contributed by atoms with E-state index in [0.29, 0.717) is 6.54 Å². The third-order valence-corrected chi connectivity index (χ3v) is 4.56. The molecule has 0 saturated carbocycles. The van der Waals surface area contributed by atoms with Gasteiger partial charge in [0.15, 0.2) is 0 Å². The Morgan fingerprint density at radius 2 is 1.27 bits per heavy atom. The standard InChI is InChI=1S/C21H40N2O3/c1-2-3-4-5-6-7-8-9-10-11-12-13-14-15-16-17-18-23(21(25)26)19-20(22)24/h12-13H,2-11,14-19H2,1H3,(H2,22,24)(H,25,26). The molecule has 26 heavy (non-hydrogen) atoms. The maximum absolute atomic E-state index is 10.9. The van der Waals surface area contributed by atoms with E-state index in [4.69, 9.17) is 10.8 Å². The maximum atomic E-state index is 10.9. The van der Waals surface area contributed by atoms with Crippen LogP contribution in [0.4, 0.5) is 4.79 Å². The van der Waals surface area contributed by atoms with Crippen molar-refractivity contribution < 1.29 is 14.7 Å². The molecule has 0 radical (unpaired) electrons. The van der Waals surface area contributed by atoms with E-state index in [1.165, 1.54) is 64.2 Å². The monoisotopic (exact) mass is 368 g/mol. The molecule has 152 valence electrons. The summed E-state index contributed by atoms with van der Waals surface area (Å²) < 4.78 is 0. The zero-order valence-corrected chi connectivity index (χ0v) is 16.8. The molecule has 0 atom stereocenters. The fourth-order valence-electron chi connectivity index (χ4n) is 2.98. The Morgan fingerprint density at radius 3 is 1.73 bits per heavy atom. The molecule has 0 aromatic heterocycles. The average Bonchev–Trinajstić information content (AvgIpc) is 2.59. The molecule has 0 aromatic carbocycles. The molecule has 5 heteroatoms. The molecule has 0 fully saturated rings. The Morgan fingerprint density at radius 1 is 0.808 bits per heavy atom. The van der Waals surface area contributed by atoms with Crippen molar-refractivity contribution in [3.63, 3.8) is 0 Å². The van der Waals surface area contributed by atoms with Crippen molar-refractivity contribution in [2.24, 2.45) is 5.73 Å². The van der Waals surface area contributed by atoms with Crippen LogP contribution < -0.4 is 5.73 Å². The predicted octanol–water partition coefficient (Wildman–Crippen LogP) is 5.49. The summed E-state index contributed by atoms with van der Waals surface area (Å²) in [7, 11) is 0. The van der Waals surface area contributed by atoms with Gasteiger partial charge in [0.25, 0.3) is 0 Å². The van der Waals surface area contributed by atoms with Gasteiger partial charge < -0.3 is 10.8 Å². The minimum Gasteiger partial charge on any atom is -0.465 e. The Labute approximate surface area is 160 Å². The second-order valence-electron chi connectivity index (χ2n) is 7.11. The molecule has 0 aliphatic carbocycles. The summed E-state index contributed by atoms with van der Waals surface area (Å²) in [6.45, 7) is 2.42. The lowest BCUT2D eigenvalue weighted by molar-refractivity contribution is -0.118. The van der Waals surface area contributed by atoms with E-state index < -0.39 is 12.0 Å². The van der Waals surface area contributed by atoms with E-state index in [1.54, 1.807) is 0 Å². The highest BCUT2D eigenvalue weighted by molar-refractivity contribution is 5.80. The zero-order chi connectivity index (χ0) is 19.5. The number of carbonyl (C=O) groups is 2. The summed E-state index contributed by atoms with van der Waals surface area (Å²) >= 11 is 0. The van der Waals surface area contributed by atoms with Gasteiger partial charge in [-0.15, -0.1) is 0 Å². The van der Waals surface area contributed by atoms with Crippen LogP contribution in [-0.4, -0.2) is 35.1 Å². The first-order valence-corrected chi connectivity index (χ1v) is 10.5. The second kappa shape index (κ2) is 18.3. The van der Waals surface area contributed by atoms with E-state index in [-0.39, 0.29) is 6.54 Å². The number of carbonyl (C=O) groups excluding carboxylic acids is 1. The molecule has 0 heterocycles. The van der Waals surface area contributed by atoms with Gasteiger partial charge in [0, 0.05) is 6.54 Å². The Balaban J connectivity index is 3.38. The number of carboxylic acid groups (broad SMARTS) is 1. The number of amides is 2. The highest BCUT2D eigenvalue weighted by Gasteiger charge is 2.13. The van der Waals surface area contributed by atoms with Gasteiger partial charge in [-0.25, -0.2) is 4.79 Å². The molecule has 0 aromatic rings. The van der Waals surface area contributed by atoms with Crippen LogP contribution in [-0.2, 0) is 4.79 Å². The number of allylic oxidation sites excluding steroid dienone is 2. The van der Waals surface area contributed by atoms with Crippen molar-refractivity contribution in [1.82, 2.24) is 4.90 Å². The van der Waals surface area contributed by atoms with Gasteiger partial charge in [-0.2, -0.15) is 0 Å². The van der Waals surface area contributed by atoms with Crippen LogP contribution in [0, 0.1) is 0 Å². The predicted molar refractivity (Wildman–Crippen MR) is 108 cm³/mol. The Kier molecular flexibility index (Phi) is 17.2. The van der Waals surface area contributed by atoms with E-state index >= 15 is 0 Å². The third-order valence-electron chi connectivity index (χ3n) is 4.56. The number of primary amides is 1. The molecule has 0 spiro atoms. The molecular weight excluding hydrogens is 328 g/mol. The summed E-state index contributed by atoms with van der Waals surface area (Å²) in [6.07, 6.45) is 20.7. The minimum atomic E-state index is -1.08. The van der Waals surface area contributed by atoms with Gasteiger partial charge in [0.05, 0.1) is 0 Å². The topological polar surface area (TPSA) is 83.6 Å². The van der Waals surface area contributed by atoms with E-state index in [0.717, 1.165) is 30.6 Å². The van der Waals surface area contributed by atoms with E-state index in [2.05, 4.69) is 19.1 Å². The van der Waals surface area contributed by atoms with Crippen LogP contribution in [0.1, 0.15) is 96.8 Å². The number of unbranched alkanes of at least 4 members (excludes halogenated alkanes) is 12. The number of nitrogens with zero attached hydrogens (tertiary/aromatic N) is 1. The van der Waals surface area contributed by atoms with Crippen LogP contribution in [0.25, 0.3) is 0 Å². The molecule has 0 saturated heterocycles. The van der Waals surface area contributed by atoms with Crippen molar-refractivity contribution in [2.75, 3.05) is 13.1 Å². The van der Waals surface area contributed by atoms with Crippen LogP contribution in [0.5, 0.6) is 0 Å². The summed E-state index contributed by atoms with van der Waals surface area (Å²) in [6, 6.07) is 0. The molecule has 3 N–H and O–H groups in total. The summed E-state index contributed by atoms with van der Waals surface area (Å²) in [5, 5.41) is 8.95. The van der Waals surface area contributed by atoms with Gasteiger partial charge >= 0.3 is 6.09 Å². The van der Waals surface area contributed by atoms with Crippen molar-refractivity contribution in [2.45, 2.75) is 96.8 Å². The highest BCUT2D eigenvalue weighted by atomic mass is 16.4. The number of rotatable bonds is 18. The first-order valence-electron chi connectivity index (χ1n) is 10.5. The van der Waals surface area contributed by atoms with Gasteiger partial charge in [-0.3, -0.25) is 9.69 Å². The molecule has 0 aliphatic heterocycles. The summed E-state index contributed by atoms with van der Waals surface area (Å²) in [5.74, 6) is -0.605. The highest BCUT2D eigenvalue weighted by Crippen LogP contribution is 2.11. The summed E-state index contributed by atoms with van der Waals surface area (Å²) in [5.41, 5.74) is 5.04. The molecule has 0 unspecified atom stereocenters. The largest absolute Gasteiger partial charge is 0.465 e. The van der Waals surface area contributed by atoms with Crippen molar-refractivity contribution in [1.29, 1.82) is 0 Å². The SMILES string of the molecule is CCCCCCCCCCCC=CCCCCCN(CC(N)=O)C(=O)O. The van der Waals surface area contributed by atoms with Crippen molar-refractivity contribution >= 4 is 12.0 Å². The Bertz CT molecular complexity index is 383. The van der Waals surface area contributed by atoms with E-state index in [1.807, 2.05) is 0 Å². The quantitative estimate of drug-likeness (QED) is 0.248. The molecule has 0 rings (SSSR count). The number of hydrogen-bond donors (Lipinski definition) is 2. The molecular formula is C21H40N2O3. The fraction of sp³-hybridized carbons (Fsp3) is 0.810. The first kappa shape index (κ1) is 24.5. The second-order valence-corrected chi connectivity index (χ2v) is 7.11. The van der Waals surface area contributed by atoms with Crippen LogP contribution in [0.3, 0.4) is 0 Å². The van der Waals surface area contributed by atoms with Gasteiger partial charge in [-0.05, 0) is 32.1 Å². The maximum Gasteiger partial charge on any atom is 0.407 e. The normalized spacial score (nSPS) is 11.1. The fourth-order valence-corrected chi connectivity index (χ4v) is 2.98. The van der Waals surface area contributed by atoms with Crippen molar-refractivity contribution in [3.8, 4) is 0 Å². The Hall–Kier alpha value is -1.52. The molecule has 0 bridgehead atoms.